The lowest BCUT2D eigenvalue weighted by atomic mass is 9.73. The van der Waals surface area contributed by atoms with Crippen molar-refractivity contribution in [2.75, 3.05) is 4.90 Å². The van der Waals surface area contributed by atoms with Crippen LogP contribution in [0.5, 0.6) is 0 Å². The molecule has 0 amide bonds. The minimum atomic E-state index is -0.0889. The van der Waals surface area contributed by atoms with E-state index in [0.717, 1.165) is 22.7 Å². The summed E-state index contributed by atoms with van der Waals surface area (Å²) in [4.78, 5) is 2.38. The van der Waals surface area contributed by atoms with Gasteiger partial charge in [0.15, 0.2) is 0 Å². The van der Waals surface area contributed by atoms with Crippen LogP contribution in [0.1, 0.15) is 61.4 Å². The Morgan fingerprint density at radius 1 is 0.341 bits per heavy atom. The van der Waals surface area contributed by atoms with Crippen LogP contribution in [0.3, 0.4) is 0 Å². The van der Waals surface area contributed by atoms with Gasteiger partial charge in [-0.1, -0.05) is 246 Å². The van der Waals surface area contributed by atoms with Gasteiger partial charge in [0.25, 0.3) is 0 Å². The molecule has 0 fully saturated rings. The van der Waals surface area contributed by atoms with E-state index in [4.69, 9.17) is 0 Å². The summed E-state index contributed by atoms with van der Waals surface area (Å²) >= 11 is 0. The minimum Gasteiger partial charge on any atom is -0.311 e. The van der Waals surface area contributed by atoms with Crippen molar-refractivity contribution < 1.29 is 0 Å². The highest BCUT2D eigenvalue weighted by Crippen LogP contribution is 2.55. The molecule has 17 rings (SSSR count). The van der Waals surface area contributed by atoms with E-state index >= 15 is 0 Å². The van der Waals surface area contributed by atoms with Crippen molar-refractivity contribution in [3.05, 3.63) is 331 Å². The molecule has 0 radical (unpaired) electrons. The molecule has 13 aromatic carbocycles. The first kappa shape index (κ1) is 51.8. The molecule has 0 saturated carbocycles. The molecule has 0 bridgehead atoms. The van der Waals surface area contributed by atoms with Gasteiger partial charge in [-0.15, -0.1) is 0 Å². The number of hydrogen-bond donors (Lipinski definition) is 0. The number of rotatable bonds is 9. The van der Waals surface area contributed by atoms with Gasteiger partial charge in [0.05, 0.1) is 11.0 Å². The predicted molar refractivity (Wildman–Crippen MR) is 373 cm³/mol. The fourth-order valence-electron chi connectivity index (χ4n) is 15.7. The van der Waals surface area contributed by atoms with Crippen LogP contribution in [0, 0.1) is 5.92 Å². The normalized spacial score (nSPS) is 15.9. The third-order valence-electron chi connectivity index (χ3n) is 20.1. The molecule has 2 atom stereocenters. The van der Waals surface area contributed by atoms with Gasteiger partial charge in [-0.3, -0.25) is 0 Å². The molecule has 14 aromatic rings. The van der Waals surface area contributed by atoms with Crippen molar-refractivity contribution in [1.82, 2.24) is 4.57 Å². The first-order valence-electron chi connectivity index (χ1n) is 31.1. The summed E-state index contributed by atoms with van der Waals surface area (Å²) in [6.45, 7) is 9.60. The smallest absolute Gasteiger partial charge is 0.0541 e. The highest BCUT2D eigenvalue weighted by Gasteiger charge is 2.45. The molecule has 0 aliphatic heterocycles. The van der Waals surface area contributed by atoms with Crippen LogP contribution in [-0.2, 0) is 10.8 Å². The maximum Gasteiger partial charge on any atom is 0.0541 e. The summed E-state index contributed by atoms with van der Waals surface area (Å²) in [5.41, 5.74) is 27.4. The van der Waals surface area contributed by atoms with Gasteiger partial charge in [0.2, 0.25) is 0 Å². The lowest BCUT2D eigenvalue weighted by Gasteiger charge is -2.31. The second kappa shape index (κ2) is 20.0. The number of fused-ring (bicyclic) bond motifs is 11. The highest BCUT2D eigenvalue weighted by molar-refractivity contribution is 6.22. The summed E-state index contributed by atoms with van der Waals surface area (Å²) in [5, 5.41) is 7.49. The number of nitrogens with zero attached hydrogens (tertiary/aromatic N) is 2. The average molecular weight is 1130 g/mol. The van der Waals surface area contributed by atoms with E-state index < -0.39 is 0 Å². The van der Waals surface area contributed by atoms with Gasteiger partial charge >= 0.3 is 0 Å². The summed E-state index contributed by atoms with van der Waals surface area (Å²) < 4.78 is 2.47. The summed E-state index contributed by atoms with van der Waals surface area (Å²) in [6, 6.07) is 106. The SMILES string of the molecule is CC1(C)c2ccccc2-c2ccc(-c3ccc4c(c3)c3cc(C5=CC6C(C=C5)c5ccccc5C6(C)C)ccc3n4-c3ccc(N(c4ccccc4)c4ccc(-c5ccc6c(-c7ccccc7)c7ccccc7c(-c7ccccc7)c6c5)cc4)cc3)cc21. The number of aromatic nitrogens is 1. The molecule has 2 nitrogen and oxygen atoms in total. The lowest BCUT2D eigenvalue weighted by molar-refractivity contribution is 0.395. The van der Waals surface area contributed by atoms with Gasteiger partial charge in [-0.25, -0.2) is 0 Å². The van der Waals surface area contributed by atoms with E-state index in [9.17, 15) is 0 Å². The van der Waals surface area contributed by atoms with E-state index in [2.05, 4.69) is 341 Å². The predicted octanol–water partition coefficient (Wildman–Crippen LogP) is 23.2. The number of anilines is 3. The number of hydrogen-bond acceptors (Lipinski definition) is 1. The topological polar surface area (TPSA) is 8.17 Å². The van der Waals surface area contributed by atoms with Crippen LogP contribution in [0.2, 0.25) is 0 Å². The first-order valence-corrected chi connectivity index (χ1v) is 31.1. The Bertz CT molecular complexity index is 5180. The van der Waals surface area contributed by atoms with Crippen LogP contribution >= 0.6 is 0 Å². The van der Waals surface area contributed by atoms with Gasteiger partial charge in [0.1, 0.15) is 0 Å². The quantitative estimate of drug-likeness (QED) is 0.131. The molecule has 2 heteroatoms. The van der Waals surface area contributed by atoms with Crippen LogP contribution in [0.4, 0.5) is 17.1 Å². The molecule has 1 aromatic heterocycles. The zero-order chi connectivity index (χ0) is 58.8. The maximum absolute atomic E-state index is 2.57. The molecule has 0 saturated heterocycles. The number of allylic oxidation sites excluding steroid dienone is 4. The molecular formula is C86H64N2. The zero-order valence-corrected chi connectivity index (χ0v) is 49.9. The van der Waals surface area contributed by atoms with Crippen LogP contribution in [0.25, 0.3) is 110 Å². The van der Waals surface area contributed by atoms with Crippen LogP contribution in [-0.4, -0.2) is 4.57 Å². The fourth-order valence-corrected chi connectivity index (χ4v) is 15.7. The highest BCUT2D eigenvalue weighted by atomic mass is 15.1. The van der Waals surface area contributed by atoms with Crippen molar-refractivity contribution >= 4 is 66.0 Å². The third-order valence-corrected chi connectivity index (χ3v) is 20.1. The fraction of sp³-hybridized carbons (Fsp3) is 0.0930. The first-order chi connectivity index (χ1) is 43.2. The number of para-hydroxylation sites is 1. The Labute approximate surface area is 515 Å². The van der Waals surface area contributed by atoms with Crippen molar-refractivity contribution in [3.63, 3.8) is 0 Å². The maximum atomic E-state index is 2.57. The van der Waals surface area contributed by atoms with Crippen molar-refractivity contribution in [1.29, 1.82) is 0 Å². The zero-order valence-electron chi connectivity index (χ0n) is 49.9. The van der Waals surface area contributed by atoms with E-state index in [1.54, 1.807) is 0 Å². The van der Waals surface area contributed by atoms with Crippen LogP contribution < -0.4 is 4.90 Å². The molecule has 0 N–H and O–H groups in total. The van der Waals surface area contributed by atoms with Gasteiger partial charge in [0, 0.05) is 44.9 Å². The van der Waals surface area contributed by atoms with Crippen molar-refractivity contribution in [2.24, 2.45) is 5.92 Å². The molecule has 418 valence electrons. The lowest BCUT2D eigenvalue weighted by Crippen LogP contribution is -2.25. The standard InChI is InChI=1S/C86H64N2/c1-85(2)77-30-18-16-26-67(77)69-45-34-61(53-79(69)85)59-37-48-81-74(50-59)75-51-60(62-35-46-70-68-27-17-19-31-78(68)86(3,4)80(70)54-62)38-49-82(75)88(81)66-43-41-65(42-44-66)87(63-24-12-7-13-25-63)64-39-32-55(33-40-64)58-36-47-73-76(52-58)84(57-22-10-6-11-23-57)72-29-15-14-28-71(72)83(73)56-20-8-5-9-21-56/h5-54,69,79H,1-4H3. The largest absolute Gasteiger partial charge is 0.311 e. The Morgan fingerprint density at radius 3 is 1.51 bits per heavy atom. The van der Waals surface area contributed by atoms with Gasteiger partial charge < -0.3 is 9.47 Å². The van der Waals surface area contributed by atoms with E-state index in [0.29, 0.717) is 11.8 Å². The molecule has 2 unspecified atom stereocenters. The average Bonchev–Trinajstić information content (AvgIpc) is 1.43. The van der Waals surface area contributed by atoms with E-state index in [-0.39, 0.29) is 10.8 Å². The Kier molecular flexibility index (Phi) is 11.8. The molecule has 1 heterocycles. The Morgan fingerprint density at radius 2 is 0.818 bits per heavy atom. The Hall–Kier alpha value is -10.5. The molecule has 0 spiro atoms. The third kappa shape index (κ3) is 8.09. The monoisotopic (exact) mass is 1120 g/mol. The van der Waals surface area contributed by atoms with Crippen molar-refractivity contribution in [3.8, 4) is 61.3 Å². The van der Waals surface area contributed by atoms with Crippen molar-refractivity contribution in [2.45, 2.75) is 44.4 Å². The second-order valence-electron chi connectivity index (χ2n) is 25.6. The molecule has 88 heavy (non-hydrogen) atoms. The number of benzene rings is 13. The summed E-state index contributed by atoms with van der Waals surface area (Å²) in [5.74, 6) is 0.763. The molecular weight excluding hydrogens is 1060 g/mol. The van der Waals surface area contributed by atoms with Crippen LogP contribution in [0.15, 0.2) is 303 Å². The Balaban J connectivity index is 0.761. The second-order valence-corrected chi connectivity index (χ2v) is 25.6. The molecule has 3 aliphatic rings. The summed E-state index contributed by atoms with van der Waals surface area (Å²) in [6.07, 6.45) is 7.42. The summed E-state index contributed by atoms with van der Waals surface area (Å²) in [7, 11) is 0. The molecule has 3 aliphatic carbocycles. The van der Waals surface area contributed by atoms with E-state index in [1.807, 2.05) is 0 Å². The van der Waals surface area contributed by atoms with E-state index in [1.165, 1.54) is 132 Å². The van der Waals surface area contributed by atoms with Gasteiger partial charge in [-0.05, 0) is 207 Å². The van der Waals surface area contributed by atoms with Gasteiger partial charge in [-0.2, -0.15) is 0 Å². The minimum absolute atomic E-state index is 0.0278.